The molecular weight excluding hydrogens is 450 g/mol. The van der Waals surface area contributed by atoms with Crippen molar-refractivity contribution in [2.75, 3.05) is 11.9 Å². The SMILES string of the molecule is CCOC(=O)Cc1csc(NC(=O)Cc2csc(-c3cccc(Br)c3)n2)n1. The molecule has 0 aliphatic rings. The van der Waals surface area contributed by atoms with Gasteiger partial charge in [0, 0.05) is 20.8 Å². The molecule has 0 bridgehead atoms. The van der Waals surface area contributed by atoms with Gasteiger partial charge in [0.05, 0.1) is 30.8 Å². The van der Waals surface area contributed by atoms with Crippen LogP contribution in [0.15, 0.2) is 39.5 Å². The summed E-state index contributed by atoms with van der Waals surface area (Å²) < 4.78 is 5.87. The van der Waals surface area contributed by atoms with Crippen molar-refractivity contribution in [2.24, 2.45) is 0 Å². The summed E-state index contributed by atoms with van der Waals surface area (Å²) in [5, 5.41) is 7.69. The summed E-state index contributed by atoms with van der Waals surface area (Å²) in [6, 6.07) is 7.87. The second-order valence-corrected chi connectivity index (χ2v) is 8.14. The molecule has 9 heteroatoms. The van der Waals surface area contributed by atoms with Crippen LogP contribution in [0, 0.1) is 0 Å². The number of nitrogens with one attached hydrogen (secondary N) is 1. The van der Waals surface area contributed by atoms with Crippen LogP contribution < -0.4 is 5.32 Å². The Balaban J connectivity index is 1.57. The number of hydrogen-bond donors (Lipinski definition) is 1. The molecule has 1 N–H and O–H groups in total. The minimum atomic E-state index is -0.330. The van der Waals surface area contributed by atoms with E-state index in [0.717, 1.165) is 15.0 Å². The highest BCUT2D eigenvalue weighted by Crippen LogP contribution is 2.26. The van der Waals surface area contributed by atoms with Crippen LogP contribution in [0.1, 0.15) is 18.3 Å². The molecule has 3 aromatic rings. The lowest BCUT2D eigenvalue weighted by Gasteiger charge is -2.00. The molecule has 1 aromatic carbocycles. The van der Waals surface area contributed by atoms with Crippen molar-refractivity contribution in [3.63, 3.8) is 0 Å². The minimum Gasteiger partial charge on any atom is -0.466 e. The highest BCUT2D eigenvalue weighted by atomic mass is 79.9. The maximum Gasteiger partial charge on any atom is 0.311 e. The molecule has 1 amide bonds. The van der Waals surface area contributed by atoms with Gasteiger partial charge in [-0.1, -0.05) is 28.1 Å². The van der Waals surface area contributed by atoms with E-state index in [1.54, 1.807) is 12.3 Å². The number of rotatable bonds is 7. The second kappa shape index (κ2) is 9.20. The number of thiazole rings is 2. The van der Waals surface area contributed by atoms with E-state index in [2.05, 4.69) is 31.2 Å². The summed E-state index contributed by atoms with van der Waals surface area (Å²) in [5.41, 5.74) is 2.29. The van der Waals surface area contributed by atoms with E-state index in [1.807, 2.05) is 29.6 Å². The van der Waals surface area contributed by atoms with Crippen LogP contribution in [0.4, 0.5) is 5.13 Å². The average molecular weight is 466 g/mol. The first-order valence-corrected chi connectivity index (χ1v) is 10.7. The smallest absolute Gasteiger partial charge is 0.311 e. The molecule has 0 aliphatic carbocycles. The molecule has 0 aliphatic heterocycles. The number of nitrogens with zero attached hydrogens (tertiary/aromatic N) is 2. The Morgan fingerprint density at radius 3 is 2.70 bits per heavy atom. The average Bonchev–Trinajstić information content (AvgIpc) is 3.25. The van der Waals surface area contributed by atoms with E-state index in [-0.39, 0.29) is 24.7 Å². The molecule has 0 spiro atoms. The van der Waals surface area contributed by atoms with Gasteiger partial charge < -0.3 is 10.1 Å². The number of halogens is 1. The molecule has 0 saturated carbocycles. The normalized spacial score (nSPS) is 10.6. The molecule has 6 nitrogen and oxygen atoms in total. The lowest BCUT2D eigenvalue weighted by atomic mass is 10.2. The van der Waals surface area contributed by atoms with E-state index in [4.69, 9.17) is 4.74 Å². The molecule has 0 radical (unpaired) electrons. The lowest BCUT2D eigenvalue weighted by molar-refractivity contribution is -0.142. The number of carbonyl (C=O) groups excluding carboxylic acids is 2. The van der Waals surface area contributed by atoms with Gasteiger partial charge in [-0.25, -0.2) is 9.97 Å². The number of esters is 1. The monoisotopic (exact) mass is 465 g/mol. The predicted molar refractivity (Wildman–Crippen MR) is 110 cm³/mol. The maximum absolute atomic E-state index is 12.2. The Hall–Kier alpha value is -2.10. The van der Waals surface area contributed by atoms with Crippen LogP contribution >= 0.6 is 38.6 Å². The fourth-order valence-electron chi connectivity index (χ4n) is 2.28. The molecule has 3 rings (SSSR count). The Labute approximate surface area is 172 Å². The van der Waals surface area contributed by atoms with Crippen LogP contribution in [0.2, 0.25) is 0 Å². The summed E-state index contributed by atoms with van der Waals surface area (Å²) >= 11 is 6.22. The first-order chi connectivity index (χ1) is 13.0. The van der Waals surface area contributed by atoms with Gasteiger partial charge in [-0.05, 0) is 19.1 Å². The topological polar surface area (TPSA) is 81.2 Å². The van der Waals surface area contributed by atoms with Crippen molar-refractivity contribution in [3.05, 3.63) is 50.9 Å². The van der Waals surface area contributed by atoms with Gasteiger partial charge in [0.1, 0.15) is 5.01 Å². The minimum absolute atomic E-state index is 0.0995. The molecule has 0 fully saturated rings. The Morgan fingerprint density at radius 1 is 1.15 bits per heavy atom. The van der Waals surface area contributed by atoms with Gasteiger partial charge >= 0.3 is 5.97 Å². The molecule has 0 atom stereocenters. The Bertz CT molecular complexity index is 955. The molecule has 2 heterocycles. The fraction of sp³-hybridized carbons (Fsp3) is 0.222. The Morgan fingerprint density at radius 2 is 1.93 bits per heavy atom. The quantitative estimate of drug-likeness (QED) is 0.525. The van der Waals surface area contributed by atoms with Gasteiger partial charge in [-0.3, -0.25) is 9.59 Å². The van der Waals surface area contributed by atoms with Crippen LogP contribution in [0.3, 0.4) is 0 Å². The third-order valence-corrected chi connectivity index (χ3v) is 5.63. The third kappa shape index (κ3) is 5.69. The van der Waals surface area contributed by atoms with Gasteiger partial charge in [0.2, 0.25) is 5.91 Å². The van der Waals surface area contributed by atoms with Crippen molar-refractivity contribution >= 4 is 55.6 Å². The highest BCUT2D eigenvalue weighted by molar-refractivity contribution is 9.10. The van der Waals surface area contributed by atoms with Gasteiger partial charge in [0.15, 0.2) is 5.13 Å². The van der Waals surface area contributed by atoms with Crippen LogP contribution in [0.5, 0.6) is 0 Å². The number of anilines is 1. The van der Waals surface area contributed by atoms with Crippen molar-refractivity contribution in [2.45, 2.75) is 19.8 Å². The van der Waals surface area contributed by atoms with E-state index in [1.165, 1.54) is 22.7 Å². The van der Waals surface area contributed by atoms with E-state index < -0.39 is 0 Å². The first kappa shape index (κ1) is 19.7. The van der Waals surface area contributed by atoms with Crippen molar-refractivity contribution < 1.29 is 14.3 Å². The summed E-state index contributed by atoms with van der Waals surface area (Å²) in [6.07, 6.45) is 0.263. The second-order valence-electron chi connectivity index (χ2n) is 5.51. The molecule has 0 unspecified atom stereocenters. The number of benzene rings is 1. The Kier molecular flexibility index (Phi) is 6.70. The number of hydrogen-bond acceptors (Lipinski definition) is 7. The zero-order valence-electron chi connectivity index (χ0n) is 14.4. The number of aromatic nitrogens is 2. The van der Waals surface area contributed by atoms with Crippen molar-refractivity contribution in [1.82, 2.24) is 9.97 Å². The van der Waals surface area contributed by atoms with Gasteiger partial charge in [-0.2, -0.15) is 0 Å². The molecule has 27 heavy (non-hydrogen) atoms. The van der Waals surface area contributed by atoms with Crippen LogP contribution in [-0.4, -0.2) is 28.5 Å². The standard InChI is InChI=1S/C18H16BrN3O3S2/c1-2-25-16(24)8-14-10-27-18(21-14)22-15(23)7-13-9-26-17(20-13)11-4-3-5-12(19)6-11/h3-6,9-10H,2,7-8H2,1H3,(H,21,22,23). The largest absolute Gasteiger partial charge is 0.466 e. The van der Waals surface area contributed by atoms with Crippen molar-refractivity contribution in [1.29, 1.82) is 0 Å². The highest BCUT2D eigenvalue weighted by Gasteiger charge is 2.13. The molecule has 2 aromatic heterocycles. The van der Waals surface area contributed by atoms with Crippen LogP contribution in [0.25, 0.3) is 10.6 Å². The molecule has 140 valence electrons. The number of amides is 1. The zero-order valence-corrected chi connectivity index (χ0v) is 17.6. The van der Waals surface area contributed by atoms with Gasteiger partial charge in [0.25, 0.3) is 0 Å². The zero-order chi connectivity index (χ0) is 19.2. The summed E-state index contributed by atoms with van der Waals surface area (Å²) in [4.78, 5) is 32.5. The molecule has 0 saturated heterocycles. The van der Waals surface area contributed by atoms with E-state index in [9.17, 15) is 9.59 Å². The van der Waals surface area contributed by atoms with Gasteiger partial charge in [-0.15, -0.1) is 22.7 Å². The van der Waals surface area contributed by atoms with Crippen molar-refractivity contribution in [3.8, 4) is 10.6 Å². The summed E-state index contributed by atoms with van der Waals surface area (Å²) in [5.74, 6) is -0.527. The van der Waals surface area contributed by atoms with E-state index >= 15 is 0 Å². The predicted octanol–water partition coefficient (Wildman–Crippen LogP) is 4.32. The lowest BCUT2D eigenvalue weighted by Crippen LogP contribution is -2.14. The summed E-state index contributed by atoms with van der Waals surface area (Å²) in [7, 11) is 0. The fourth-order valence-corrected chi connectivity index (χ4v) is 4.22. The first-order valence-electron chi connectivity index (χ1n) is 8.13. The number of carbonyl (C=O) groups is 2. The molecular formula is C18H16BrN3O3S2. The van der Waals surface area contributed by atoms with E-state index in [0.29, 0.717) is 23.1 Å². The van der Waals surface area contributed by atoms with Crippen LogP contribution in [-0.2, 0) is 27.2 Å². The maximum atomic E-state index is 12.2. The third-order valence-electron chi connectivity index (χ3n) is 3.39. The summed E-state index contributed by atoms with van der Waals surface area (Å²) in [6.45, 7) is 2.09. The number of ether oxygens (including phenoxy) is 1.